The molecule has 0 radical (unpaired) electrons. The topological polar surface area (TPSA) is 64.2 Å². The first-order chi connectivity index (χ1) is 5.02. The van der Waals surface area contributed by atoms with Gasteiger partial charge in [-0.2, -0.15) is 5.26 Å². The van der Waals surface area contributed by atoms with Crippen LogP contribution in [0.25, 0.3) is 0 Å². The highest BCUT2D eigenvalue weighted by atomic mass is 16.3. The summed E-state index contributed by atoms with van der Waals surface area (Å²) in [5.74, 6) is -0.561. The summed E-state index contributed by atoms with van der Waals surface area (Å²) in [5.41, 5.74) is -1.04. The van der Waals surface area contributed by atoms with E-state index < -0.39 is 11.5 Å². The van der Waals surface area contributed by atoms with Crippen molar-refractivity contribution in [1.82, 2.24) is 0 Å². The molecule has 0 aliphatic heterocycles. The van der Waals surface area contributed by atoms with Gasteiger partial charge in [0.1, 0.15) is 0 Å². The van der Waals surface area contributed by atoms with Crippen LogP contribution in [0.4, 0.5) is 0 Å². The van der Waals surface area contributed by atoms with E-state index in [4.69, 9.17) is 10.4 Å². The highest BCUT2D eigenvalue weighted by molar-refractivity contribution is 5.06. The Labute approximate surface area is 66.6 Å². The molecule has 0 spiro atoms. The van der Waals surface area contributed by atoms with E-state index in [-0.39, 0.29) is 6.61 Å². The highest BCUT2D eigenvalue weighted by Gasteiger charge is 2.23. The maximum atomic E-state index is 9.35. The third-order valence-electron chi connectivity index (χ3n) is 1.33. The summed E-state index contributed by atoms with van der Waals surface area (Å²) in [4.78, 5) is 0. The Hall–Kier alpha value is -0.850. The van der Waals surface area contributed by atoms with Crippen molar-refractivity contribution in [1.29, 1.82) is 5.26 Å². The second-order valence-corrected chi connectivity index (χ2v) is 2.87. The monoisotopic (exact) mass is 155 g/mol. The van der Waals surface area contributed by atoms with E-state index in [1.54, 1.807) is 13.8 Å². The van der Waals surface area contributed by atoms with E-state index in [9.17, 15) is 5.11 Å². The Morgan fingerprint density at radius 3 is 2.45 bits per heavy atom. The molecule has 0 aromatic carbocycles. The van der Waals surface area contributed by atoms with Gasteiger partial charge in [0.25, 0.3) is 0 Å². The van der Waals surface area contributed by atoms with Crippen molar-refractivity contribution in [3.63, 3.8) is 0 Å². The molecule has 0 rings (SSSR count). The second kappa shape index (κ2) is 4.12. The van der Waals surface area contributed by atoms with Gasteiger partial charge in [-0.25, -0.2) is 0 Å². The molecule has 0 saturated carbocycles. The lowest BCUT2D eigenvalue weighted by atomic mass is 9.92. The lowest BCUT2D eigenvalue weighted by Crippen LogP contribution is -2.28. The maximum absolute atomic E-state index is 9.35. The molecule has 3 heteroatoms. The summed E-state index contributed by atoms with van der Waals surface area (Å²) in [7, 11) is 0. The lowest BCUT2D eigenvalue weighted by Gasteiger charge is -2.19. The van der Waals surface area contributed by atoms with Crippen LogP contribution in [-0.2, 0) is 0 Å². The van der Waals surface area contributed by atoms with Crippen molar-refractivity contribution >= 4 is 0 Å². The first-order valence-electron chi connectivity index (χ1n) is 3.42. The van der Waals surface area contributed by atoms with Gasteiger partial charge in [-0.1, -0.05) is 12.2 Å². The fraction of sp³-hybridized carbons (Fsp3) is 0.625. The zero-order valence-corrected chi connectivity index (χ0v) is 6.78. The van der Waals surface area contributed by atoms with Crippen LogP contribution in [0, 0.1) is 17.2 Å². The van der Waals surface area contributed by atoms with E-state index >= 15 is 0 Å². The third-order valence-corrected chi connectivity index (χ3v) is 1.33. The van der Waals surface area contributed by atoms with Gasteiger partial charge < -0.3 is 10.2 Å². The van der Waals surface area contributed by atoms with Crippen LogP contribution in [0.3, 0.4) is 0 Å². The normalized spacial score (nSPS) is 14.8. The predicted molar refractivity (Wildman–Crippen MR) is 41.6 cm³/mol. The Bertz CT molecular complexity index is 174. The van der Waals surface area contributed by atoms with Crippen LogP contribution >= 0.6 is 0 Å². The molecule has 1 atom stereocenters. The van der Waals surface area contributed by atoms with Crippen molar-refractivity contribution < 1.29 is 10.2 Å². The fourth-order valence-corrected chi connectivity index (χ4v) is 0.633. The van der Waals surface area contributed by atoms with E-state index in [0.29, 0.717) is 0 Å². The minimum absolute atomic E-state index is 0.103. The van der Waals surface area contributed by atoms with E-state index in [1.807, 2.05) is 6.07 Å². The average molecular weight is 155 g/mol. The zero-order valence-electron chi connectivity index (χ0n) is 6.78. The number of nitrogens with zero attached hydrogens (tertiary/aromatic N) is 1. The minimum Gasteiger partial charge on any atom is -0.392 e. The Morgan fingerprint density at radius 2 is 2.18 bits per heavy atom. The van der Waals surface area contributed by atoms with E-state index in [1.165, 1.54) is 12.2 Å². The summed E-state index contributed by atoms with van der Waals surface area (Å²) < 4.78 is 0. The zero-order chi connectivity index (χ0) is 8.91. The van der Waals surface area contributed by atoms with Gasteiger partial charge in [0.2, 0.25) is 0 Å². The summed E-state index contributed by atoms with van der Waals surface area (Å²) in [5, 5.41) is 26.3. The van der Waals surface area contributed by atoms with Crippen LogP contribution in [0.5, 0.6) is 0 Å². The summed E-state index contributed by atoms with van der Waals surface area (Å²) in [6.45, 7) is 3.01. The van der Waals surface area contributed by atoms with Crippen molar-refractivity contribution in [2.75, 3.05) is 6.61 Å². The number of hydrogen-bond donors (Lipinski definition) is 2. The minimum atomic E-state index is -1.04. The first kappa shape index (κ1) is 10.2. The summed E-state index contributed by atoms with van der Waals surface area (Å²) in [6, 6.07) is 1.93. The molecule has 0 heterocycles. The van der Waals surface area contributed by atoms with Crippen LogP contribution < -0.4 is 0 Å². The first-order valence-corrected chi connectivity index (χ1v) is 3.42. The molecule has 0 bridgehead atoms. The largest absolute Gasteiger partial charge is 0.392 e. The Kier molecular flexibility index (Phi) is 3.80. The number of hydrogen-bond acceptors (Lipinski definition) is 3. The van der Waals surface area contributed by atoms with Crippen LogP contribution in [0.1, 0.15) is 13.8 Å². The van der Waals surface area contributed by atoms with Crippen molar-refractivity contribution in [2.45, 2.75) is 19.4 Å². The van der Waals surface area contributed by atoms with E-state index in [2.05, 4.69) is 0 Å². The molecule has 0 aromatic heterocycles. The van der Waals surface area contributed by atoms with Gasteiger partial charge in [0.05, 0.1) is 24.2 Å². The molecule has 0 aliphatic carbocycles. The van der Waals surface area contributed by atoms with Gasteiger partial charge in [-0.15, -0.1) is 0 Å². The molecule has 11 heavy (non-hydrogen) atoms. The second-order valence-electron chi connectivity index (χ2n) is 2.87. The molecule has 1 unspecified atom stereocenters. The van der Waals surface area contributed by atoms with Crippen molar-refractivity contribution in [2.24, 2.45) is 5.92 Å². The van der Waals surface area contributed by atoms with Crippen LogP contribution in [0.2, 0.25) is 0 Å². The number of nitriles is 1. The SMILES string of the molecule is CC(C)(O)C(C#N)/C=C/CO. The van der Waals surface area contributed by atoms with Gasteiger partial charge in [-0.05, 0) is 13.8 Å². The summed E-state index contributed by atoms with van der Waals surface area (Å²) in [6.07, 6.45) is 2.95. The number of aliphatic hydroxyl groups excluding tert-OH is 1. The molecule has 0 aliphatic rings. The fourth-order valence-electron chi connectivity index (χ4n) is 0.633. The molecule has 0 saturated heterocycles. The maximum Gasteiger partial charge on any atom is 0.0926 e. The molecular formula is C8H13NO2. The predicted octanol–water partition coefficient (Wildman–Crippen LogP) is 0.446. The van der Waals surface area contributed by atoms with Gasteiger partial charge >= 0.3 is 0 Å². The molecule has 0 aromatic rings. The van der Waals surface area contributed by atoms with E-state index in [0.717, 1.165) is 0 Å². The van der Waals surface area contributed by atoms with Gasteiger partial charge in [0, 0.05) is 0 Å². The molecular weight excluding hydrogens is 142 g/mol. The standard InChI is InChI=1S/C8H13NO2/c1-8(2,11)7(6-9)4-3-5-10/h3-4,7,10-11H,5H2,1-2H3/b4-3+. The van der Waals surface area contributed by atoms with Crippen molar-refractivity contribution in [3.05, 3.63) is 12.2 Å². The molecule has 2 N–H and O–H groups in total. The quantitative estimate of drug-likeness (QED) is 0.581. The molecule has 0 amide bonds. The third kappa shape index (κ3) is 3.76. The number of rotatable bonds is 3. The van der Waals surface area contributed by atoms with Gasteiger partial charge in [-0.3, -0.25) is 0 Å². The van der Waals surface area contributed by atoms with Crippen LogP contribution in [-0.4, -0.2) is 22.4 Å². The summed E-state index contributed by atoms with van der Waals surface area (Å²) >= 11 is 0. The highest BCUT2D eigenvalue weighted by Crippen LogP contribution is 2.16. The average Bonchev–Trinajstić information content (AvgIpc) is 1.87. The molecule has 3 nitrogen and oxygen atoms in total. The molecule has 62 valence electrons. The smallest absolute Gasteiger partial charge is 0.0926 e. The lowest BCUT2D eigenvalue weighted by molar-refractivity contribution is 0.0569. The van der Waals surface area contributed by atoms with Crippen LogP contribution in [0.15, 0.2) is 12.2 Å². The van der Waals surface area contributed by atoms with Gasteiger partial charge in [0.15, 0.2) is 0 Å². The molecule has 0 fully saturated rings. The Balaban J connectivity index is 4.22. The number of aliphatic hydroxyl groups is 2. The van der Waals surface area contributed by atoms with Crippen molar-refractivity contribution in [3.8, 4) is 6.07 Å². The Morgan fingerprint density at radius 1 is 1.64 bits per heavy atom.